The van der Waals surface area contributed by atoms with Gasteiger partial charge in [0.15, 0.2) is 11.9 Å². The Morgan fingerprint density at radius 1 is 0.967 bits per heavy atom. The van der Waals surface area contributed by atoms with Crippen LogP contribution in [0, 0.1) is 0 Å². The maximum atomic E-state index is 13.0. The molecule has 0 aliphatic carbocycles. The third kappa shape index (κ3) is 3.89. The number of carbonyl (C=O) groups excluding carboxylic acids is 3. The topological polar surface area (TPSA) is 75.7 Å². The molecule has 0 unspecified atom stereocenters. The zero-order valence-electron chi connectivity index (χ0n) is 16.6. The van der Waals surface area contributed by atoms with Crippen LogP contribution >= 0.6 is 0 Å². The highest BCUT2D eigenvalue weighted by Gasteiger charge is 2.33. The lowest BCUT2D eigenvalue weighted by molar-refractivity contribution is -0.127. The van der Waals surface area contributed by atoms with E-state index in [4.69, 9.17) is 4.74 Å². The molecule has 0 bridgehead atoms. The molecule has 30 heavy (non-hydrogen) atoms. The van der Waals surface area contributed by atoms with Crippen molar-refractivity contribution in [1.29, 1.82) is 0 Å². The maximum Gasteiger partial charge on any atom is 0.262 e. The van der Waals surface area contributed by atoms with E-state index in [1.54, 1.807) is 24.3 Å². The standard InChI is InChI=1S/C24H22N2O4/c1-25-24(29)22-15-26(19-8-4-5-9-21(19)30-22)23(28)13-12-20(27)18-11-10-16-6-2-3-7-17(16)14-18/h2-11,14,22H,12-13,15H2,1H3,(H,25,29)/t22-/m0/s1. The van der Waals surface area contributed by atoms with Gasteiger partial charge in [0.1, 0.15) is 5.75 Å². The summed E-state index contributed by atoms with van der Waals surface area (Å²) in [4.78, 5) is 39.2. The van der Waals surface area contributed by atoms with E-state index >= 15 is 0 Å². The minimum Gasteiger partial charge on any atom is -0.477 e. The second-order valence-corrected chi connectivity index (χ2v) is 7.18. The number of nitrogens with one attached hydrogen (secondary N) is 1. The molecule has 1 heterocycles. The summed E-state index contributed by atoms with van der Waals surface area (Å²) in [5.41, 5.74) is 1.20. The van der Waals surface area contributed by atoms with E-state index in [1.165, 1.54) is 11.9 Å². The van der Waals surface area contributed by atoms with Crippen LogP contribution in [0.3, 0.4) is 0 Å². The van der Waals surface area contributed by atoms with Crippen LogP contribution in [-0.4, -0.2) is 37.3 Å². The van der Waals surface area contributed by atoms with Gasteiger partial charge in [-0.2, -0.15) is 0 Å². The van der Waals surface area contributed by atoms with E-state index in [2.05, 4.69) is 5.32 Å². The number of amides is 2. The van der Waals surface area contributed by atoms with Crippen molar-refractivity contribution in [3.8, 4) is 5.75 Å². The van der Waals surface area contributed by atoms with Gasteiger partial charge < -0.3 is 15.0 Å². The largest absolute Gasteiger partial charge is 0.477 e. The number of benzene rings is 3. The quantitative estimate of drug-likeness (QED) is 0.664. The summed E-state index contributed by atoms with van der Waals surface area (Å²) in [5, 5.41) is 4.61. The fourth-order valence-electron chi connectivity index (χ4n) is 3.63. The van der Waals surface area contributed by atoms with Gasteiger partial charge in [-0.25, -0.2) is 0 Å². The zero-order chi connectivity index (χ0) is 21.1. The number of hydrogen-bond donors (Lipinski definition) is 1. The number of likely N-dealkylation sites (N-methyl/N-ethyl adjacent to an activating group) is 1. The third-order valence-electron chi connectivity index (χ3n) is 5.25. The Hall–Kier alpha value is -3.67. The summed E-state index contributed by atoms with van der Waals surface area (Å²) in [5.74, 6) is -0.117. The van der Waals surface area contributed by atoms with Crippen molar-refractivity contribution in [2.45, 2.75) is 18.9 Å². The first-order valence-corrected chi connectivity index (χ1v) is 9.86. The predicted molar refractivity (Wildman–Crippen MR) is 115 cm³/mol. The molecule has 0 saturated carbocycles. The number of anilines is 1. The van der Waals surface area contributed by atoms with Crippen molar-refractivity contribution in [1.82, 2.24) is 5.32 Å². The molecular weight excluding hydrogens is 380 g/mol. The molecule has 0 radical (unpaired) electrons. The van der Waals surface area contributed by atoms with Crippen molar-refractivity contribution >= 4 is 34.1 Å². The first-order chi connectivity index (χ1) is 14.6. The highest BCUT2D eigenvalue weighted by Crippen LogP contribution is 2.33. The minimum atomic E-state index is -0.787. The van der Waals surface area contributed by atoms with Crippen LogP contribution in [0.15, 0.2) is 66.7 Å². The molecule has 1 N–H and O–H groups in total. The van der Waals surface area contributed by atoms with Crippen LogP contribution in [0.1, 0.15) is 23.2 Å². The second-order valence-electron chi connectivity index (χ2n) is 7.18. The summed E-state index contributed by atoms with van der Waals surface area (Å²) < 4.78 is 5.73. The van der Waals surface area contributed by atoms with Crippen molar-refractivity contribution in [3.63, 3.8) is 0 Å². The number of carbonyl (C=O) groups is 3. The number of para-hydroxylation sites is 2. The van der Waals surface area contributed by atoms with Gasteiger partial charge in [0, 0.05) is 25.5 Å². The summed E-state index contributed by atoms with van der Waals surface area (Å²) in [6.45, 7) is 0.111. The number of ketones is 1. The summed E-state index contributed by atoms with van der Waals surface area (Å²) >= 11 is 0. The lowest BCUT2D eigenvalue weighted by Crippen LogP contribution is -2.50. The highest BCUT2D eigenvalue weighted by atomic mass is 16.5. The van der Waals surface area contributed by atoms with Gasteiger partial charge in [-0.3, -0.25) is 14.4 Å². The SMILES string of the molecule is CNC(=O)[C@@H]1CN(C(=O)CCC(=O)c2ccc3ccccc3c2)c2ccccc2O1. The Balaban J connectivity index is 1.48. The Labute approximate surface area is 174 Å². The normalized spacial score (nSPS) is 15.2. The fourth-order valence-corrected chi connectivity index (χ4v) is 3.63. The summed E-state index contributed by atoms with van der Waals surface area (Å²) in [7, 11) is 1.53. The third-order valence-corrected chi connectivity index (χ3v) is 5.25. The number of Topliss-reactive ketones (excluding diaryl/α,β-unsaturated/α-hetero) is 1. The van der Waals surface area contributed by atoms with E-state index in [0.29, 0.717) is 17.0 Å². The first-order valence-electron chi connectivity index (χ1n) is 9.86. The van der Waals surface area contributed by atoms with Crippen molar-refractivity contribution in [2.24, 2.45) is 0 Å². The Bertz CT molecular complexity index is 1120. The smallest absolute Gasteiger partial charge is 0.262 e. The number of ether oxygens (including phenoxy) is 1. The minimum absolute atomic E-state index is 0.0560. The average Bonchev–Trinajstić information content (AvgIpc) is 2.80. The molecule has 6 nitrogen and oxygen atoms in total. The van der Waals surface area contributed by atoms with Gasteiger partial charge in [-0.05, 0) is 29.0 Å². The van der Waals surface area contributed by atoms with Crippen LogP contribution < -0.4 is 15.0 Å². The summed E-state index contributed by atoms with van der Waals surface area (Å²) in [6, 6.07) is 20.5. The maximum absolute atomic E-state index is 13.0. The molecule has 1 atom stereocenters. The first kappa shape index (κ1) is 19.6. The molecular formula is C24H22N2O4. The highest BCUT2D eigenvalue weighted by molar-refractivity contribution is 6.03. The fraction of sp³-hybridized carbons (Fsp3) is 0.208. The Morgan fingerprint density at radius 3 is 2.50 bits per heavy atom. The van der Waals surface area contributed by atoms with Crippen LogP contribution in [0.4, 0.5) is 5.69 Å². The van der Waals surface area contributed by atoms with E-state index in [-0.39, 0.29) is 37.0 Å². The molecule has 1 aliphatic rings. The van der Waals surface area contributed by atoms with Gasteiger partial charge in [-0.1, -0.05) is 48.5 Å². The number of fused-ring (bicyclic) bond motifs is 2. The van der Waals surface area contributed by atoms with E-state index < -0.39 is 6.10 Å². The van der Waals surface area contributed by atoms with Crippen molar-refractivity contribution in [3.05, 3.63) is 72.3 Å². The van der Waals surface area contributed by atoms with Crippen LogP contribution in [0.25, 0.3) is 10.8 Å². The van der Waals surface area contributed by atoms with Crippen molar-refractivity contribution in [2.75, 3.05) is 18.5 Å². The Morgan fingerprint density at radius 2 is 1.70 bits per heavy atom. The van der Waals surface area contributed by atoms with E-state index in [0.717, 1.165) is 10.8 Å². The zero-order valence-corrected chi connectivity index (χ0v) is 16.6. The second kappa shape index (κ2) is 8.37. The molecule has 0 saturated heterocycles. The van der Waals surface area contributed by atoms with Gasteiger partial charge in [-0.15, -0.1) is 0 Å². The molecule has 3 aromatic rings. The summed E-state index contributed by atoms with van der Waals surface area (Å²) in [6.07, 6.45) is -0.632. The molecule has 0 spiro atoms. The van der Waals surface area contributed by atoms with Crippen LogP contribution in [0.5, 0.6) is 5.75 Å². The van der Waals surface area contributed by atoms with E-state index in [1.807, 2.05) is 42.5 Å². The van der Waals surface area contributed by atoms with Gasteiger partial charge in [0.2, 0.25) is 5.91 Å². The van der Waals surface area contributed by atoms with Crippen LogP contribution in [0.2, 0.25) is 0 Å². The number of hydrogen-bond acceptors (Lipinski definition) is 4. The molecule has 1 aliphatic heterocycles. The van der Waals surface area contributed by atoms with Gasteiger partial charge >= 0.3 is 0 Å². The predicted octanol–water partition coefficient (Wildman–Crippen LogP) is 3.34. The molecule has 2 amide bonds. The number of rotatable bonds is 5. The number of nitrogens with zero attached hydrogens (tertiary/aromatic N) is 1. The lowest BCUT2D eigenvalue weighted by Gasteiger charge is -2.34. The average molecular weight is 402 g/mol. The molecule has 0 aromatic heterocycles. The van der Waals surface area contributed by atoms with Crippen molar-refractivity contribution < 1.29 is 19.1 Å². The lowest BCUT2D eigenvalue weighted by atomic mass is 10.0. The van der Waals surface area contributed by atoms with Crippen LogP contribution in [-0.2, 0) is 9.59 Å². The molecule has 3 aromatic carbocycles. The Kier molecular flexibility index (Phi) is 5.48. The molecule has 0 fully saturated rings. The monoisotopic (exact) mass is 402 g/mol. The van der Waals surface area contributed by atoms with Gasteiger partial charge in [0.25, 0.3) is 5.91 Å². The van der Waals surface area contributed by atoms with Gasteiger partial charge in [0.05, 0.1) is 12.2 Å². The molecule has 4 rings (SSSR count). The molecule has 6 heteroatoms. The molecule has 152 valence electrons. The van der Waals surface area contributed by atoms with E-state index in [9.17, 15) is 14.4 Å².